The van der Waals surface area contributed by atoms with Crippen LogP contribution in [-0.2, 0) is 9.84 Å². The number of sulfone groups is 1. The first kappa shape index (κ1) is 14.5. The maximum Gasteiger partial charge on any atom is 0.161 e. The minimum Gasteiger partial charge on any atom is -0.497 e. The summed E-state index contributed by atoms with van der Waals surface area (Å²) in [4.78, 5) is 1.76. The summed E-state index contributed by atoms with van der Waals surface area (Å²) in [5.74, 6) is 1.45. The predicted molar refractivity (Wildman–Crippen MR) is 83.6 cm³/mol. The van der Waals surface area contributed by atoms with E-state index < -0.39 is 9.84 Å². The lowest BCUT2D eigenvalue weighted by atomic mass is 10.2. The molecule has 0 spiro atoms. The molecule has 2 heterocycles. The first-order valence-electron chi connectivity index (χ1n) is 6.42. The highest BCUT2D eigenvalue weighted by molar-refractivity contribution is 8.15. The van der Waals surface area contributed by atoms with Crippen molar-refractivity contribution < 1.29 is 17.9 Å². The van der Waals surface area contributed by atoms with Gasteiger partial charge in [0.05, 0.1) is 37.5 Å². The Labute approximate surface area is 127 Å². The lowest BCUT2D eigenvalue weighted by molar-refractivity contribution is 0.394. The fraction of sp³-hybridized carbons (Fsp3) is 0.462. The molecule has 8 heteroatoms. The van der Waals surface area contributed by atoms with Crippen LogP contribution >= 0.6 is 11.8 Å². The van der Waals surface area contributed by atoms with Crippen LogP contribution in [0.25, 0.3) is 0 Å². The fourth-order valence-corrected chi connectivity index (χ4v) is 6.56. The topological polar surface area (TPSA) is 79.7 Å². The monoisotopic (exact) mass is 328 g/mol. The van der Waals surface area contributed by atoms with Crippen molar-refractivity contribution in [1.29, 1.82) is 5.41 Å². The van der Waals surface area contributed by atoms with Gasteiger partial charge in [-0.15, -0.1) is 0 Å². The first-order chi connectivity index (χ1) is 9.95. The summed E-state index contributed by atoms with van der Waals surface area (Å²) < 4.78 is 34.2. The van der Waals surface area contributed by atoms with E-state index in [1.54, 1.807) is 37.3 Å². The first-order valence-corrected chi connectivity index (χ1v) is 9.12. The number of thioether (sulfide) groups is 1. The lowest BCUT2D eigenvalue weighted by Crippen LogP contribution is -2.37. The molecule has 0 aliphatic carbocycles. The molecule has 3 rings (SSSR count). The van der Waals surface area contributed by atoms with E-state index in [4.69, 9.17) is 14.9 Å². The maximum atomic E-state index is 11.8. The van der Waals surface area contributed by atoms with Gasteiger partial charge in [0, 0.05) is 11.3 Å². The normalized spacial score (nSPS) is 26.8. The zero-order chi connectivity index (χ0) is 15.2. The van der Waals surface area contributed by atoms with E-state index in [0.717, 1.165) is 0 Å². The van der Waals surface area contributed by atoms with Gasteiger partial charge in [0.2, 0.25) is 0 Å². The molecule has 0 bridgehead atoms. The second-order valence-electron chi connectivity index (χ2n) is 5.01. The Morgan fingerprint density at radius 2 is 2.05 bits per heavy atom. The summed E-state index contributed by atoms with van der Waals surface area (Å²) in [7, 11) is 0.0939. The molecule has 1 N–H and O–H groups in total. The van der Waals surface area contributed by atoms with Gasteiger partial charge in [-0.3, -0.25) is 5.41 Å². The average Bonchev–Trinajstić information content (AvgIpc) is 2.88. The molecule has 2 aliphatic heterocycles. The molecule has 0 aromatic heterocycles. The quantitative estimate of drug-likeness (QED) is 0.902. The van der Waals surface area contributed by atoms with Crippen LogP contribution in [0.4, 0.5) is 5.69 Å². The summed E-state index contributed by atoms with van der Waals surface area (Å²) >= 11 is 1.31. The van der Waals surface area contributed by atoms with E-state index in [2.05, 4.69) is 0 Å². The van der Waals surface area contributed by atoms with E-state index >= 15 is 0 Å². The molecule has 2 fully saturated rings. The summed E-state index contributed by atoms with van der Waals surface area (Å²) in [6.45, 7) is 0. The zero-order valence-electron chi connectivity index (χ0n) is 11.7. The van der Waals surface area contributed by atoms with Crippen molar-refractivity contribution in [3.05, 3.63) is 18.2 Å². The fourth-order valence-electron chi connectivity index (χ4n) is 2.77. The molecule has 6 nitrogen and oxygen atoms in total. The molecule has 0 saturated carbocycles. The number of hydrogen-bond donors (Lipinski definition) is 1. The Hall–Kier alpha value is -1.41. The van der Waals surface area contributed by atoms with E-state index in [1.165, 1.54) is 11.8 Å². The van der Waals surface area contributed by atoms with Crippen LogP contribution in [0.2, 0.25) is 0 Å². The van der Waals surface area contributed by atoms with Crippen LogP contribution in [0.15, 0.2) is 18.2 Å². The molecule has 21 heavy (non-hydrogen) atoms. The number of methoxy groups -OCH3 is 2. The van der Waals surface area contributed by atoms with Crippen molar-refractivity contribution in [2.24, 2.45) is 0 Å². The van der Waals surface area contributed by atoms with Gasteiger partial charge in [-0.1, -0.05) is 11.8 Å². The molecular weight excluding hydrogens is 312 g/mol. The van der Waals surface area contributed by atoms with Gasteiger partial charge in [-0.05, 0) is 12.1 Å². The highest BCUT2D eigenvalue weighted by atomic mass is 32.2. The standard InChI is InChI=1S/C13H16N2O4S2/c1-18-8-3-4-9(11(5-8)19-2)15-10-6-21(16,17)7-12(10)20-13(15)14/h3-5,10,12,14H,6-7H2,1-2H3/t10-,12+/m0/s1. The van der Waals surface area contributed by atoms with Gasteiger partial charge in [-0.25, -0.2) is 8.42 Å². The number of ether oxygens (including phenoxy) is 2. The third-order valence-corrected chi connectivity index (χ3v) is 6.86. The zero-order valence-corrected chi connectivity index (χ0v) is 13.3. The molecule has 2 aliphatic rings. The number of nitrogens with zero attached hydrogens (tertiary/aromatic N) is 1. The number of anilines is 1. The van der Waals surface area contributed by atoms with Crippen LogP contribution in [-0.4, -0.2) is 50.6 Å². The van der Waals surface area contributed by atoms with Crippen LogP contribution in [0.5, 0.6) is 11.5 Å². The number of fused-ring (bicyclic) bond motifs is 1. The minimum absolute atomic E-state index is 0.0747. The molecule has 0 unspecified atom stereocenters. The third kappa shape index (κ3) is 2.46. The number of hydrogen-bond acceptors (Lipinski definition) is 6. The molecule has 0 amide bonds. The number of rotatable bonds is 3. The Morgan fingerprint density at radius 1 is 1.29 bits per heavy atom. The highest BCUT2D eigenvalue weighted by Crippen LogP contribution is 2.44. The Balaban J connectivity index is 2.01. The van der Waals surface area contributed by atoms with E-state index in [9.17, 15) is 8.42 Å². The van der Waals surface area contributed by atoms with Gasteiger partial charge in [-0.2, -0.15) is 0 Å². The van der Waals surface area contributed by atoms with Crippen molar-refractivity contribution in [2.75, 3.05) is 30.6 Å². The lowest BCUT2D eigenvalue weighted by Gasteiger charge is -2.25. The van der Waals surface area contributed by atoms with E-state index in [-0.39, 0.29) is 22.8 Å². The molecule has 114 valence electrons. The largest absolute Gasteiger partial charge is 0.497 e. The number of nitrogens with one attached hydrogen (secondary N) is 1. The number of amidine groups is 1. The van der Waals surface area contributed by atoms with E-state index in [0.29, 0.717) is 22.4 Å². The molecule has 2 atom stereocenters. The molecular formula is C13H16N2O4S2. The number of benzene rings is 1. The van der Waals surface area contributed by atoms with Gasteiger partial charge >= 0.3 is 0 Å². The smallest absolute Gasteiger partial charge is 0.161 e. The van der Waals surface area contributed by atoms with E-state index in [1.807, 2.05) is 0 Å². The summed E-state index contributed by atoms with van der Waals surface area (Å²) in [6.07, 6.45) is 0. The Bertz CT molecular complexity index is 689. The average molecular weight is 328 g/mol. The minimum atomic E-state index is -3.03. The summed E-state index contributed by atoms with van der Waals surface area (Å²) in [5.41, 5.74) is 0.709. The van der Waals surface area contributed by atoms with Crippen molar-refractivity contribution in [2.45, 2.75) is 11.3 Å². The van der Waals surface area contributed by atoms with Crippen molar-refractivity contribution in [3.8, 4) is 11.5 Å². The van der Waals surface area contributed by atoms with Gasteiger partial charge < -0.3 is 14.4 Å². The summed E-state index contributed by atoms with van der Waals surface area (Å²) in [5, 5.41) is 8.44. The predicted octanol–water partition coefficient (Wildman–Crippen LogP) is 1.36. The maximum absolute atomic E-state index is 11.8. The van der Waals surface area contributed by atoms with Crippen molar-refractivity contribution in [3.63, 3.8) is 0 Å². The van der Waals surface area contributed by atoms with Gasteiger partial charge in [0.15, 0.2) is 15.0 Å². The molecule has 1 aromatic carbocycles. The molecule has 0 radical (unpaired) electrons. The Morgan fingerprint density at radius 3 is 2.71 bits per heavy atom. The van der Waals surface area contributed by atoms with Crippen LogP contribution < -0.4 is 14.4 Å². The summed E-state index contributed by atoms with van der Waals surface area (Å²) in [6, 6.07) is 5.13. The van der Waals surface area contributed by atoms with Crippen LogP contribution in [0.3, 0.4) is 0 Å². The second-order valence-corrected chi connectivity index (χ2v) is 8.40. The highest BCUT2D eigenvalue weighted by Gasteiger charge is 2.49. The Kier molecular flexibility index (Phi) is 3.53. The van der Waals surface area contributed by atoms with Crippen LogP contribution in [0.1, 0.15) is 0 Å². The van der Waals surface area contributed by atoms with Gasteiger partial charge in [0.1, 0.15) is 11.5 Å². The van der Waals surface area contributed by atoms with Gasteiger partial charge in [0.25, 0.3) is 0 Å². The molecule has 1 aromatic rings. The van der Waals surface area contributed by atoms with Crippen molar-refractivity contribution in [1.82, 2.24) is 0 Å². The molecule has 2 saturated heterocycles. The third-order valence-electron chi connectivity index (χ3n) is 3.73. The van der Waals surface area contributed by atoms with Crippen molar-refractivity contribution >= 4 is 32.5 Å². The second kappa shape index (κ2) is 5.10. The van der Waals surface area contributed by atoms with Crippen LogP contribution in [0, 0.1) is 5.41 Å². The SMILES string of the molecule is COc1ccc(N2C(=N)S[C@@H]3CS(=O)(=O)C[C@@H]32)c(OC)c1.